The molecule has 0 spiro atoms. The Kier molecular flexibility index (Phi) is 37.8. The van der Waals surface area contributed by atoms with E-state index in [0.717, 1.165) is 43.2 Å². The number of aryl methyl sites for hydroxylation is 2. The second-order valence-corrected chi connectivity index (χ2v) is 23.4. The average molecular weight is 1270 g/mol. The van der Waals surface area contributed by atoms with Crippen molar-refractivity contribution >= 4 is 59.2 Å². The molecule has 91 heavy (non-hydrogen) atoms. The number of Topliss-reactive ketones (excluding diaryl/α,β-unsaturated/α-hetero) is 1. The Morgan fingerprint density at radius 3 is 1.63 bits per heavy atom. The van der Waals surface area contributed by atoms with Crippen LogP contribution in [0.15, 0.2) is 78.9 Å². The highest BCUT2D eigenvalue weighted by Crippen LogP contribution is 2.28. The predicted octanol–water partition coefficient (Wildman–Crippen LogP) is 4.98. The molecule has 0 unspecified atom stereocenters. The van der Waals surface area contributed by atoms with E-state index in [2.05, 4.69) is 59.3 Å². The van der Waals surface area contributed by atoms with Crippen LogP contribution in [0.2, 0.25) is 0 Å². The van der Waals surface area contributed by atoms with Gasteiger partial charge in [-0.2, -0.15) is 0 Å². The first-order chi connectivity index (χ1) is 44.0. The standard InChI is InChI=1S/C68H103N11O12/c1-4-5-6-13-28-59(81)73-39-43-78(46-47-79(45-41-75-63(85)33-35-69)44-40-74-60(82)30-29-53-21-14-15-22-53)42-34-64(86)72-38-37-71-62(84)32-31-61(83)70-36-17-16-27-56(58(80)50-90-67(88)65-51(2)19-18-20-52(65)3)76-66(87)57(48-54-23-9-7-10-24-54)77-68(89)91-49-55-25-11-8-12-26-55/h7-12,18-20,23-26,53,56-57H,4-6,13-17,21-22,27-50,69H2,1-3H3,(H,70,83)(H,71,84)(H,72,86)(H,73,81)(H,74,82)(H,75,85)(H,76,87)(H,77,89)/t56-,57-/m1/s1. The zero-order valence-electron chi connectivity index (χ0n) is 54.1. The predicted molar refractivity (Wildman–Crippen MR) is 349 cm³/mol. The molecule has 0 aromatic heterocycles. The molecule has 0 aliphatic heterocycles. The lowest BCUT2D eigenvalue weighted by Gasteiger charge is -2.28. The van der Waals surface area contributed by atoms with Gasteiger partial charge >= 0.3 is 12.1 Å². The zero-order valence-corrected chi connectivity index (χ0v) is 54.1. The third-order valence-corrected chi connectivity index (χ3v) is 16.0. The highest BCUT2D eigenvalue weighted by atomic mass is 16.5. The molecule has 2 atom stereocenters. The van der Waals surface area contributed by atoms with Crippen LogP contribution in [0.3, 0.4) is 0 Å². The number of nitrogens with one attached hydrogen (secondary N) is 8. The fraction of sp³-hybridized carbons (Fsp3) is 0.588. The summed E-state index contributed by atoms with van der Waals surface area (Å²) in [6.45, 7) is 10.1. The fourth-order valence-electron chi connectivity index (χ4n) is 10.6. The third-order valence-electron chi connectivity index (χ3n) is 16.0. The summed E-state index contributed by atoms with van der Waals surface area (Å²) in [5.74, 6) is -2.38. The van der Waals surface area contributed by atoms with Crippen molar-refractivity contribution in [2.45, 2.75) is 161 Å². The second kappa shape index (κ2) is 45.5. The number of ketones is 1. The summed E-state index contributed by atoms with van der Waals surface area (Å²) >= 11 is 0. The van der Waals surface area contributed by atoms with E-state index in [9.17, 15) is 47.9 Å². The summed E-state index contributed by atoms with van der Waals surface area (Å²) in [5, 5.41) is 22.8. The van der Waals surface area contributed by atoms with Gasteiger partial charge in [0, 0.05) is 130 Å². The molecular weight excluding hydrogens is 1160 g/mol. The number of nitrogens with two attached hydrogens (primary N) is 1. The molecule has 4 rings (SSSR count). The van der Waals surface area contributed by atoms with E-state index in [1.165, 1.54) is 25.7 Å². The van der Waals surface area contributed by atoms with Crippen LogP contribution in [-0.4, -0.2) is 173 Å². The molecule has 0 saturated heterocycles. The molecule has 23 nitrogen and oxygen atoms in total. The molecule has 502 valence electrons. The van der Waals surface area contributed by atoms with Gasteiger partial charge in [-0.3, -0.25) is 48.2 Å². The minimum Gasteiger partial charge on any atom is -0.454 e. The molecule has 0 bridgehead atoms. The lowest BCUT2D eigenvalue weighted by molar-refractivity contribution is -0.130. The van der Waals surface area contributed by atoms with E-state index in [4.69, 9.17) is 15.2 Å². The summed E-state index contributed by atoms with van der Waals surface area (Å²) in [5.41, 5.74) is 8.76. The lowest BCUT2D eigenvalue weighted by atomic mass is 10.0. The number of ether oxygens (including phenoxy) is 2. The van der Waals surface area contributed by atoms with Crippen LogP contribution in [0.25, 0.3) is 0 Å². The Morgan fingerprint density at radius 1 is 0.505 bits per heavy atom. The van der Waals surface area contributed by atoms with E-state index < -0.39 is 42.4 Å². The van der Waals surface area contributed by atoms with Crippen LogP contribution < -0.4 is 48.3 Å². The van der Waals surface area contributed by atoms with Gasteiger partial charge < -0.3 is 57.7 Å². The molecule has 3 aromatic carbocycles. The lowest BCUT2D eigenvalue weighted by Crippen LogP contribution is -2.53. The number of hydrogen-bond donors (Lipinski definition) is 9. The van der Waals surface area contributed by atoms with Crippen LogP contribution in [0.1, 0.15) is 155 Å². The van der Waals surface area contributed by atoms with E-state index in [0.29, 0.717) is 107 Å². The summed E-state index contributed by atoms with van der Waals surface area (Å²) < 4.78 is 10.9. The van der Waals surface area contributed by atoms with E-state index in [1.54, 1.807) is 62.4 Å². The van der Waals surface area contributed by atoms with Gasteiger partial charge in [-0.1, -0.05) is 131 Å². The van der Waals surface area contributed by atoms with Gasteiger partial charge in [0.2, 0.25) is 41.4 Å². The topological polar surface area (TPSA) is 318 Å². The molecule has 3 aromatic rings. The van der Waals surface area contributed by atoms with Crippen molar-refractivity contribution in [3.8, 4) is 0 Å². The zero-order chi connectivity index (χ0) is 65.9. The van der Waals surface area contributed by atoms with Gasteiger partial charge in [-0.15, -0.1) is 0 Å². The number of amides is 8. The Morgan fingerprint density at radius 2 is 1.03 bits per heavy atom. The van der Waals surface area contributed by atoms with E-state index in [-0.39, 0.29) is 107 Å². The highest BCUT2D eigenvalue weighted by molar-refractivity contribution is 5.97. The molecule has 10 N–H and O–H groups in total. The number of carbonyl (C=O) groups is 10. The van der Waals surface area contributed by atoms with Crippen LogP contribution in [-0.2, 0) is 60.9 Å². The second-order valence-electron chi connectivity index (χ2n) is 23.4. The maximum absolute atomic E-state index is 14.0. The van der Waals surface area contributed by atoms with Crippen molar-refractivity contribution in [3.63, 3.8) is 0 Å². The van der Waals surface area contributed by atoms with Gasteiger partial charge in [-0.05, 0) is 74.1 Å². The Hall–Kier alpha value is -7.76. The molecule has 0 heterocycles. The summed E-state index contributed by atoms with van der Waals surface area (Å²) in [7, 11) is 0. The quantitative estimate of drug-likeness (QED) is 0.0266. The SMILES string of the molecule is CCCCCCC(=O)NCCN(CCC(=O)NCCNC(=O)CCC(=O)NCCCC[C@@H](NC(=O)[C@@H](Cc1ccccc1)NC(=O)OCc1ccccc1)C(=O)COC(=O)c1c(C)cccc1C)CCN(CCNC(=O)CCN)CCNC(=O)CCC1CCCC1. The summed E-state index contributed by atoms with van der Waals surface area (Å²) in [6, 6.07) is 21.1. The summed E-state index contributed by atoms with van der Waals surface area (Å²) in [6.07, 6.45) is 10.9. The maximum Gasteiger partial charge on any atom is 0.408 e. The third kappa shape index (κ3) is 33.8. The molecule has 1 saturated carbocycles. The van der Waals surface area contributed by atoms with Gasteiger partial charge in [0.25, 0.3) is 0 Å². The van der Waals surface area contributed by atoms with Crippen molar-refractivity contribution in [2.24, 2.45) is 11.7 Å². The number of alkyl carbamates (subject to hydrolysis) is 1. The first-order valence-corrected chi connectivity index (χ1v) is 32.9. The minimum absolute atomic E-state index is 0.0134. The van der Waals surface area contributed by atoms with Gasteiger partial charge in [0.15, 0.2) is 12.4 Å². The number of rotatable bonds is 47. The number of nitrogens with zero attached hydrogens (tertiary/aromatic N) is 2. The number of carbonyl (C=O) groups excluding carboxylic acids is 10. The van der Waals surface area contributed by atoms with Crippen molar-refractivity contribution in [1.82, 2.24) is 52.3 Å². The molecule has 0 radical (unpaired) electrons. The number of unbranched alkanes of at least 4 members (excludes halogenated alkanes) is 4. The number of hydrogen-bond acceptors (Lipinski definition) is 15. The van der Waals surface area contributed by atoms with Crippen LogP contribution in [0, 0.1) is 19.8 Å². The Balaban J connectivity index is 1.23. The Bertz CT molecular complexity index is 2680. The van der Waals surface area contributed by atoms with E-state index in [1.807, 2.05) is 30.3 Å². The van der Waals surface area contributed by atoms with Crippen LogP contribution in [0.5, 0.6) is 0 Å². The van der Waals surface area contributed by atoms with E-state index >= 15 is 0 Å². The number of esters is 1. The van der Waals surface area contributed by atoms with Crippen LogP contribution >= 0.6 is 0 Å². The molecule has 1 fully saturated rings. The van der Waals surface area contributed by atoms with Crippen molar-refractivity contribution in [2.75, 3.05) is 91.7 Å². The normalized spacial score (nSPS) is 12.7. The van der Waals surface area contributed by atoms with Crippen molar-refractivity contribution < 1.29 is 57.4 Å². The van der Waals surface area contributed by atoms with Crippen molar-refractivity contribution in [1.29, 1.82) is 0 Å². The average Bonchev–Trinajstić information content (AvgIpc) is 2.63. The highest BCUT2D eigenvalue weighted by Gasteiger charge is 2.29. The number of benzene rings is 3. The molecule has 1 aliphatic rings. The molecule has 1 aliphatic carbocycles. The first-order valence-electron chi connectivity index (χ1n) is 32.9. The van der Waals surface area contributed by atoms with Crippen LogP contribution in [0.4, 0.5) is 4.79 Å². The smallest absolute Gasteiger partial charge is 0.408 e. The fourth-order valence-corrected chi connectivity index (χ4v) is 10.6. The first kappa shape index (κ1) is 75.7. The monoisotopic (exact) mass is 1270 g/mol. The maximum atomic E-state index is 14.0. The Labute approximate surface area is 538 Å². The molecular formula is C68H103N11O12. The summed E-state index contributed by atoms with van der Waals surface area (Å²) in [4.78, 5) is 135. The van der Waals surface area contributed by atoms with Gasteiger partial charge in [0.05, 0.1) is 11.6 Å². The minimum atomic E-state index is -1.15. The molecule has 23 heteroatoms. The van der Waals surface area contributed by atoms with Crippen molar-refractivity contribution in [3.05, 3.63) is 107 Å². The van der Waals surface area contributed by atoms with Gasteiger partial charge in [-0.25, -0.2) is 9.59 Å². The largest absolute Gasteiger partial charge is 0.454 e. The molecule has 8 amide bonds. The van der Waals surface area contributed by atoms with Gasteiger partial charge in [0.1, 0.15) is 12.6 Å².